The number of amides is 1. The zero-order valence-electron chi connectivity index (χ0n) is 10.4. The summed E-state index contributed by atoms with van der Waals surface area (Å²) < 4.78 is 5.48. The van der Waals surface area contributed by atoms with Crippen LogP contribution in [0.25, 0.3) is 0 Å². The number of phenols is 1. The van der Waals surface area contributed by atoms with Crippen LogP contribution in [0.15, 0.2) is 34.0 Å². The molecule has 1 amide bonds. The Labute approximate surface area is 122 Å². The number of carbonyl (C=O) groups excluding carboxylic acids is 1. The van der Waals surface area contributed by atoms with Crippen molar-refractivity contribution < 1.29 is 14.6 Å². The third-order valence-corrected chi connectivity index (χ3v) is 3.00. The lowest BCUT2D eigenvalue weighted by Crippen LogP contribution is -2.17. The fraction of sp³-hybridized carbons (Fsp3) is 0.0833. The molecular formula is C12H11BrN4O3. The number of carbonyl (C=O) groups is 1. The molecule has 2 rings (SSSR count). The number of aromatic nitrogens is 2. The van der Waals surface area contributed by atoms with Crippen molar-refractivity contribution in [3.63, 3.8) is 0 Å². The molecule has 0 aliphatic carbocycles. The third-order valence-electron chi connectivity index (χ3n) is 2.40. The summed E-state index contributed by atoms with van der Waals surface area (Å²) in [5.41, 5.74) is 3.31. The van der Waals surface area contributed by atoms with Gasteiger partial charge in [-0.15, -0.1) is 0 Å². The predicted molar refractivity (Wildman–Crippen MR) is 76.0 cm³/mol. The number of hydrogen-bond acceptors (Lipinski definition) is 5. The maximum Gasteiger partial charge on any atom is 0.289 e. The van der Waals surface area contributed by atoms with E-state index in [1.54, 1.807) is 12.1 Å². The average Bonchev–Trinajstić information content (AvgIpc) is 2.96. The van der Waals surface area contributed by atoms with Crippen molar-refractivity contribution in [2.45, 2.75) is 0 Å². The van der Waals surface area contributed by atoms with E-state index in [9.17, 15) is 9.90 Å². The number of halogens is 1. The van der Waals surface area contributed by atoms with Gasteiger partial charge in [-0.1, -0.05) is 0 Å². The van der Waals surface area contributed by atoms with Gasteiger partial charge in [0.25, 0.3) is 5.91 Å². The highest BCUT2D eigenvalue weighted by atomic mass is 79.9. The first-order valence-electron chi connectivity index (χ1n) is 5.51. The number of hydrogen-bond donors (Lipinski definition) is 3. The molecule has 0 atom stereocenters. The van der Waals surface area contributed by atoms with Crippen LogP contribution in [-0.2, 0) is 0 Å². The Morgan fingerprint density at radius 1 is 1.60 bits per heavy atom. The van der Waals surface area contributed by atoms with Gasteiger partial charge in [-0.25, -0.2) is 5.43 Å². The number of aromatic hydroxyl groups is 1. The first-order valence-corrected chi connectivity index (χ1v) is 6.30. The molecule has 1 heterocycles. The topological polar surface area (TPSA) is 99.6 Å². The van der Waals surface area contributed by atoms with Gasteiger partial charge in [-0.05, 0) is 39.7 Å². The summed E-state index contributed by atoms with van der Waals surface area (Å²) in [5, 5.41) is 19.7. The number of nitrogens with one attached hydrogen (secondary N) is 2. The molecule has 3 N–H and O–H groups in total. The van der Waals surface area contributed by atoms with E-state index in [-0.39, 0.29) is 5.75 Å². The summed E-state index contributed by atoms with van der Waals surface area (Å²) in [6, 6.07) is 4.76. The van der Waals surface area contributed by atoms with Gasteiger partial charge in [0.2, 0.25) is 0 Å². The molecule has 0 bridgehead atoms. The second kappa shape index (κ2) is 6.20. The fourth-order valence-electron chi connectivity index (χ4n) is 1.43. The standard InChI is InChI=1S/C12H11BrN4O3/c1-20-10-5-7(4-8(13)11(10)18)6-15-17-12(19)9-2-3-14-16-9/h2-6,18H,1H3,(H,14,16)(H,17,19). The number of rotatable bonds is 4. The predicted octanol–water partition coefficient (Wildman–Crippen LogP) is 1.65. The molecule has 2 aromatic rings. The van der Waals surface area contributed by atoms with Gasteiger partial charge < -0.3 is 9.84 Å². The van der Waals surface area contributed by atoms with Crippen LogP contribution in [0.1, 0.15) is 16.1 Å². The van der Waals surface area contributed by atoms with E-state index < -0.39 is 5.91 Å². The molecule has 104 valence electrons. The Morgan fingerprint density at radius 3 is 3.05 bits per heavy atom. The quantitative estimate of drug-likeness (QED) is 0.583. The Balaban J connectivity index is 2.08. The van der Waals surface area contributed by atoms with E-state index in [1.807, 2.05) is 0 Å². The maximum absolute atomic E-state index is 11.6. The van der Waals surface area contributed by atoms with E-state index in [1.165, 1.54) is 25.6 Å². The lowest BCUT2D eigenvalue weighted by molar-refractivity contribution is 0.0950. The summed E-state index contributed by atoms with van der Waals surface area (Å²) in [7, 11) is 1.45. The molecule has 0 aliphatic heterocycles. The van der Waals surface area contributed by atoms with Crippen molar-refractivity contribution in [2.75, 3.05) is 7.11 Å². The largest absolute Gasteiger partial charge is 0.503 e. The lowest BCUT2D eigenvalue weighted by atomic mass is 10.2. The van der Waals surface area contributed by atoms with Crippen molar-refractivity contribution in [2.24, 2.45) is 5.10 Å². The summed E-state index contributed by atoms with van der Waals surface area (Å²) in [4.78, 5) is 11.6. The van der Waals surface area contributed by atoms with Crippen LogP contribution in [0.3, 0.4) is 0 Å². The first kappa shape index (κ1) is 14.1. The van der Waals surface area contributed by atoms with Gasteiger partial charge >= 0.3 is 0 Å². The molecule has 0 spiro atoms. The van der Waals surface area contributed by atoms with Crippen LogP contribution in [0, 0.1) is 0 Å². The van der Waals surface area contributed by atoms with E-state index in [2.05, 4.69) is 36.7 Å². The highest BCUT2D eigenvalue weighted by molar-refractivity contribution is 9.10. The lowest BCUT2D eigenvalue weighted by Gasteiger charge is -2.06. The Bertz CT molecular complexity index is 640. The highest BCUT2D eigenvalue weighted by Crippen LogP contribution is 2.34. The van der Waals surface area contributed by atoms with E-state index in [0.717, 1.165) is 0 Å². The van der Waals surface area contributed by atoms with Crippen molar-refractivity contribution >= 4 is 28.1 Å². The number of hydrazone groups is 1. The van der Waals surface area contributed by atoms with Crippen LogP contribution >= 0.6 is 15.9 Å². The minimum absolute atomic E-state index is 0.00569. The molecule has 0 saturated heterocycles. The Kier molecular flexibility index (Phi) is 4.36. The number of ether oxygens (including phenoxy) is 1. The van der Waals surface area contributed by atoms with Gasteiger partial charge in [-0.2, -0.15) is 10.2 Å². The molecule has 0 fully saturated rings. The molecular weight excluding hydrogens is 328 g/mol. The van der Waals surface area contributed by atoms with Crippen molar-refractivity contribution in [3.05, 3.63) is 40.1 Å². The third kappa shape index (κ3) is 3.15. The van der Waals surface area contributed by atoms with Gasteiger partial charge in [-0.3, -0.25) is 9.89 Å². The Morgan fingerprint density at radius 2 is 2.40 bits per heavy atom. The van der Waals surface area contributed by atoms with E-state index >= 15 is 0 Å². The number of nitrogens with zero attached hydrogens (tertiary/aromatic N) is 2. The smallest absolute Gasteiger partial charge is 0.289 e. The second-order valence-corrected chi connectivity index (χ2v) is 4.58. The summed E-state index contributed by atoms with van der Waals surface area (Å²) >= 11 is 3.20. The molecule has 0 saturated carbocycles. The molecule has 0 radical (unpaired) electrons. The molecule has 1 aromatic carbocycles. The zero-order valence-corrected chi connectivity index (χ0v) is 12.0. The van der Waals surface area contributed by atoms with Crippen LogP contribution in [0.5, 0.6) is 11.5 Å². The van der Waals surface area contributed by atoms with Gasteiger partial charge in [0, 0.05) is 6.20 Å². The number of H-pyrrole nitrogens is 1. The molecule has 7 nitrogen and oxygen atoms in total. The van der Waals surface area contributed by atoms with Crippen LogP contribution in [-0.4, -0.2) is 34.5 Å². The molecule has 20 heavy (non-hydrogen) atoms. The van der Waals surface area contributed by atoms with Gasteiger partial charge in [0.1, 0.15) is 5.69 Å². The Hall–Kier alpha value is -2.35. The van der Waals surface area contributed by atoms with E-state index in [4.69, 9.17) is 4.74 Å². The van der Waals surface area contributed by atoms with Crippen molar-refractivity contribution in [1.29, 1.82) is 0 Å². The van der Waals surface area contributed by atoms with Crippen molar-refractivity contribution in [1.82, 2.24) is 15.6 Å². The number of aromatic amines is 1. The zero-order chi connectivity index (χ0) is 14.5. The molecule has 1 aromatic heterocycles. The summed E-state index contributed by atoms with van der Waals surface area (Å²) in [5.74, 6) is -0.0876. The first-order chi connectivity index (χ1) is 9.61. The molecule has 8 heteroatoms. The SMILES string of the molecule is COc1cc(C=NNC(=O)c2ccn[nH]2)cc(Br)c1O. The fourth-order valence-corrected chi connectivity index (χ4v) is 1.89. The molecule has 0 aliphatic rings. The highest BCUT2D eigenvalue weighted by Gasteiger charge is 2.08. The second-order valence-electron chi connectivity index (χ2n) is 3.72. The summed E-state index contributed by atoms with van der Waals surface area (Å²) in [6.07, 6.45) is 2.90. The normalized spacial score (nSPS) is 10.7. The average molecular weight is 339 g/mol. The van der Waals surface area contributed by atoms with Gasteiger partial charge in [0.15, 0.2) is 11.5 Å². The van der Waals surface area contributed by atoms with Crippen LogP contribution < -0.4 is 10.2 Å². The summed E-state index contributed by atoms with van der Waals surface area (Å²) in [6.45, 7) is 0. The number of benzene rings is 1. The minimum atomic E-state index is -0.399. The minimum Gasteiger partial charge on any atom is -0.503 e. The maximum atomic E-state index is 11.6. The van der Waals surface area contributed by atoms with Gasteiger partial charge in [0.05, 0.1) is 17.8 Å². The number of methoxy groups -OCH3 is 1. The monoisotopic (exact) mass is 338 g/mol. The number of phenolic OH excluding ortho intramolecular Hbond substituents is 1. The van der Waals surface area contributed by atoms with Crippen molar-refractivity contribution in [3.8, 4) is 11.5 Å². The van der Waals surface area contributed by atoms with Crippen LogP contribution in [0.4, 0.5) is 0 Å². The van der Waals surface area contributed by atoms with Crippen LogP contribution in [0.2, 0.25) is 0 Å². The molecule has 0 unspecified atom stereocenters. The van der Waals surface area contributed by atoms with E-state index in [0.29, 0.717) is 21.5 Å².